The first-order chi connectivity index (χ1) is 45.2. The third kappa shape index (κ3) is 27.5. The summed E-state index contributed by atoms with van der Waals surface area (Å²) >= 11 is 1.45. The van der Waals surface area contributed by atoms with E-state index in [1.807, 2.05) is 20.1 Å². The van der Waals surface area contributed by atoms with Crippen LogP contribution in [0.5, 0.6) is 0 Å². The van der Waals surface area contributed by atoms with Gasteiger partial charge < -0.3 is 92.5 Å². The molecule has 2 aliphatic rings. The third-order valence-electron chi connectivity index (χ3n) is 16.0. The number of primary amides is 3. The van der Waals surface area contributed by atoms with E-state index in [1.165, 1.54) is 21.6 Å². The van der Waals surface area contributed by atoms with Gasteiger partial charge >= 0.3 is 0 Å². The molecule has 0 radical (unpaired) electrons. The average molecular weight is 1350 g/mol. The number of benzene rings is 2. The van der Waals surface area contributed by atoms with E-state index in [0.717, 1.165) is 0 Å². The zero-order valence-electron chi connectivity index (χ0n) is 54.5. The summed E-state index contributed by atoms with van der Waals surface area (Å²) in [7, 11) is 0. The molecule has 10 atom stereocenters. The van der Waals surface area contributed by atoms with E-state index in [4.69, 9.17) is 40.1 Å². The minimum atomic E-state index is -1.64. The minimum absolute atomic E-state index is 0.0736. The lowest BCUT2D eigenvalue weighted by Gasteiger charge is -2.32. The van der Waals surface area contributed by atoms with Gasteiger partial charge in [-0.15, -0.1) is 0 Å². The molecule has 2 aliphatic heterocycles. The maximum absolute atomic E-state index is 14.7. The molecule has 2 aromatic rings. The number of aliphatic imine (C=N–C) groups is 1. The first-order valence-corrected chi connectivity index (χ1v) is 33.6. The Labute approximate surface area is 558 Å². The number of hydrogen-bond donors (Lipinski definition) is 15. The fraction of sp³-hybridized carbons (Fsp3) is 0.587. The van der Waals surface area contributed by atoms with Gasteiger partial charge in [-0.05, 0) is 119 Å². The number of rotatable bonds is 42. The van der Waals surface area contributed by atoms with Crippen molar-refractivity contribution in [1.82, 2.24) is 52.3 Å². The van der Waals surface area contributed by atoms with Crippen molar-refractivity contribution >= 4 is 94.5 Å². The summed E-state index contributed by atoms with van der Waals surface area (Å²) < 4.78 is 0. The van der Waals surface area contributed by atoms with Gasteiger partial charge in [0, 0.05) is 45.3 Å². The van der Waals surface area contributed by atoms with Crippen LogP contribution in [0.15, 0.2) is 65.7 Å². The minimum Gasteiger partial charge on any atom is -0.370 e. The van der Waals surface area contributed by atoms with E-state index < -0.39 is 169 Å². The molecule has 22 N–H and O–H groups in total. The van der Waals surface area contributed by atoms with E-state index in [9.17, 15) is 62.3 Å². The Hall–Kier alpha value is -8.91. The predicted octanol–water partition coefficient (Wildman–Crippen LogP) is -3.71. The highest BCUT2D eigenvalue weighted by molar-refractivity contribution is 7.98. The highest BCUT2D eigenvalue weighted by Gasteiger charge is 2.42. The van der Waals surface area contributed by atoms with Crippen molar-refractivity contribution in [3.05, 3.63) is 71.8 Å². The molecule has 2 aromatic carbocycles. The number of carbonyl (C=O) groups is 13. The number of hydrogen-bond acceptors (Lipinski definition) is 17. The summed E-state index contributed by atoms with van der Waals surface area (Å²) in [4.78, 5) is 185. The highest BCUT2D eigenvalue weighted by atomic mass is 32.2. The van der Waals surface area contributed by atoms with Gasteiger partial charge in [-0.2, -0.15) is 11.8 Å². The van der Waals surface area contributed by atoms with Crippen LogP contribution in [0.25, 0.3) is 0 Å². The second kappa shape index (κ2) is 41.0. The molecule has 0 unspecified atom stereocenters. The van der Waals surface area contributed by atoms with Crippen molar-refractivity contribution in [3.63, 3.8) is 0 Å². The Morgan fingerprint density at radius 3 is 1.51 bits per heavy atom. The summed E-state index contributed by atoms with van der Waals surface area (Å²) in [6.45, 7) is 3.86. The first-order valence-electron chi connectivity index (χ1n) is 32.2. The van der Waals surface area contributed by atoms with Crippen LogP contribution in [0, 0.1) is 5.92 Å². The molecule has 4 rings (SSSR count). The van der Waals surface area contributed by atoms with Gasteiger partial charge in [0.05, 0.1) is 12.6 Å². The molecule has 524 valence electrons. The molecule has 13 amide bonds. The molecule has 0 bridgehead atoms. The Kier molecular flexibility index (Phi) is 33.9. The van der Waals surface area contributed by atoms with Crippen molar-refractivity contribution < 1.29 is 62.3 Å². The summed E-state index contributed by atoms with van der Waals surface area (Å²) in [6, 6.07) is 4.51. The molecule has 95 heavy (non-hydrogen) atoms. The number of amides is 13. The Bertz CT molecular complexity index is 2960. The maximum Gasteiger partial charge on any atom is 0.245 e. The maximum atomic E-state index is 14.7. The molecule has 2 heterocycles. The summed E-state index contributed by atoms with van der Waals surface area (Å²) in [5.41, 5.74) is 40.6. The molecule has 32 heteroatoms. The smallest absolute Gasteiger partial charge is 0.245 e. The number of unbranched alkanes of at least 4 members (excludes halogenated alkanes) is 1. The lowest BCUT2D eigenvalue weighted by atomic mass is 10.0. The van der Waals surface area contributed by atoms with E-state index >= 15 is 0 Å². The number of guanidine groups is 1. The summed E-state index contributed by atoms with van der Waals surface area (Å²) in [6.07, 6.45) is 3.12. The van der Waals surface area contributed by atoms with Crippen LogP contribution in [-0.2, 0) is 75.2 Å². The van der Waals surface area contributed by atoms with Crippen molar-refractivity contribution in [3.8, 4) is 0 Å². The highest BCUT2D eigenvalue weighted by Crippen LogP contribution is 2.24. The van der Waals surface area contributed by atoms with Gasteiger partial charge in [-0.1, -0.05) is 74.5 Å². The Morgan fingerprint density at radius 2 is 1.01 bits per heavy atom. The lowest BCUT2D eigenvalue weighted by molar-refractivity contribution is -0.144. The fourth-order valence-corrected chi connectivity index (χ4v) is 11.5. The van der Waals surface area contributed by atoms with Gasteiger partial charge in [0.25, 0.3) is 0 Å². The standard InChI is InChI=1S/C63H98N18O13S/c1-37(2)33-45(57(89)74-41(53(68)85)27-32-95-3)73-52(84)36-72-54(86)46(34-38-15-6-4-7-16-38)78-58(90)47(35-39-17-8-5-9-18-39)79-56(88)42(23-25-50(66)82)75-55(87)43(24-26-51(67)83)76-59(91)49-22-14-31-81(49)62(94)44(20-10-11-28-64)77-60(92)48-21-13-30-80(48)61(93)40(65)19-12-29-71-63(69)70/h4-9,15-18,37,40-49H,10-14,19-36,64-65H2,1-3H3,(H2,66,82)(H2,67,83)(H2,68,85)(H,72,86)(H,73,84)(H,74,89)(H,75,87)(H,76,91)(H,77,92)(H,78,90)(H,79,88)(H4,69,70,71)/t40-,41-,42+,43+,44+,45-,46+,47-,48-,49+/m0/s1. The zero-order chi connectivity index (χ0) is 70.1. The number of nitrogens with zero attached hydrogens (tertiary/aromatic N) is 3. The van der Waals surface area contributed by atoms with E-state index in [-0.39, 0.29) is 83.0 Å². The van der Waals surface area contributed by atoms with Gasteiger partial charge in [0.1, 0.15) is 54.4 Å². The average Bonchev–Trinajstić information content (AvgIpc) is 1.74. The number of likely N-dealkylation sites (tertiary alicyclic amines) is 2. The van der Waals surface area contributed by atoms with Crippen LogP contribution in [0.2, 0.25) is 0 Å². The van der Waals surface area contributed by atoms with Gasteiger partial charge in [-0.25, -0.2) is 0 Å². The molecule has 31 nitrogen and oxygen atoms in total. The largest absolute Gasteiger partial charge is 0.370 e. The van der Waals surface area contributed by atoms with Crippen LogP contribution in [0.3, 0.4) is 0 Å². The zero-order valence-corrected chi connectivity index (χ0v) is 55.3. The molecule has 2 saturated heterocycles. The number of nitrogens with two attached hydrogens (primary N) is 7. The molecule has 0 aromatic heterocycles. The molecule has 2 fully saturated rings. The quantitative estimate of drug-likeness (QED) is 0.0173. The topological polar surface area (TPSA) is 519 Å². The van der Waals surface area contributed by atoms with Crippen molar-refractivity contribution in [1.29, 1.82) is 0 Å². The number of thioether (sulfide) groups is 1. The van der Waals surface area contributed by atoms with Crippen molar-refractivity contribution in [2.24, 2.45) is 51.0 Å². The summed E-state index contributed by atoms with van der Waals surface area (Å²) in [5, 5.41) is 21.1. The van der Waals surface area contributed by atoms with E-state index in [1.54, 1.807) is 60.7 Å². The number of carbonyl (C=O) groups excluding carboxylic acids is 13. The number of nitrogens with one attached hydrogen (secondary N) is 8. The molecular formula is C63H98N18O13S. The van der Waals surface area contributed by atoms with Crippen molar-refractivity contribution in [2.75, 3.05) is 44.7 Å². The second-order valence-electron chi connectivity index (χ2n) is 24.1. The Balaban J connectivity index is 1.56. The molecule has 0 spiro atoms. The third-order valence-corrected chi connectivity index (χ3v) is 16.7. The van der Waals surface area contributed by atoms with Crippen LogP contribution < -0.4 is 82.7 Å². The Morgan fingerprint density at radius 1 is 0.537 bits per heavy atom. The SMILES string of the molecule is CSCC[C@H](NC(=O)[C@H](CC(C)C)NC(=O)CNC(=O)[C@@H](Cc1ccccc1)NC(=O)[C@H](Cc1ccccc1)NC(=O)[C@@H](CCC(N)=O)NC(=O)[C@@H](CCC(N)=O)NC(=O)[C@H]1CCCN1C(=O)[C@@H](CCCCN)NC(=O)[C@@H]1CCCN1C(=O)[C@@H](N)CCCN=C(N)N)C(N)=O. The normalized spacial score (nSPS) is 16.8. The second-order valence-corrected chi connectivity index (χ2v) is 25.1. The molecule has 0 saturated carbocycles. The lowest BCUT2D eigenvalue weighted by Crippen LogP contribution is -2.60. The van der Waals surface area contributed by atoms with E-state index in [2.05, 4.69) is 47.5 Å². The van der Waals surface area contributed by atoms with Gasteiger partial charge in [0.15, 0.2) is 5.96 Å². The monoisotopic (exact) mass is 1350 g/mol. The van der Waals surface area contributed by atoms with Crippen LogP contribution in [0.4, 0.5) is 0 Å². The van der Waals surface area contributed by atoms with Crippen molar-refractivity contribution in [2.45, 2.75) is 183 Å². The van der Waals surface area contributed by atoms with Gasteiger partial charge in [-0.3, -0.25) is 67.3 Å². The first kappa shape index (κ1) is 78.5. The van der Waals surface area contributed by atoms with Gasteiger partial charge in [0.2, 0.25) is 76.8 Å². The van der Waals surface area contributed by atoms with Crippen LogP contribution in [0.1, 0.15) is 121 Å². The predicted molar refractivity (Wildman–Crippen MR) is 356 cm³/mol. The van der Waals surface area contributed by atoms with Crippen LogP contribution >= 0.6 is 11.8 Å². The molecule has 0 aliphatic carbocycles. The van der Waals surface area contributed by atoms with E-state index in [0.29, 0.717) is 55.4 Å². The molecular weight excluding hydrogens is 1250 g/mol. The van der Waals surface area contributed by atoms with Crippen LogP contribution in [-0.4, -0.2) is 198 Å². The summed E-state index contributed by atoms with van der Waals surface area (Å²) in [5.74, 6) is -9.80. The fourth-order valence-electron chi connectivity index (χ4n) is 11.0.